The van der Waals surface area contributed by atoms with Gasteiger partial charge in [-0.3, -0.25) is 14.7 Å². The lowest BCUT2D eigenvalue weighted by molar-refractivity contribution is -0.133. The number of amides is 1. The van der Waals surface area contributed by atoms with E-state index in [4.69, 9.17) is 0 Å². The normalized spacial score (nSPS) is 20.8. The van der Waals surface area contributed by atoms with E-state index in [9.17, 15) is 4.79 Å². The Morgan fingerprint density at radius 2 is 2.18 bits per heavy atom. The molecule has 128 valence electrons. The van der Waals surface area contributed by atoms with Gasteiger partial charge >= 0.3 is 0 Å². The predicted octanol–water partition coefficient (Wildman–Crippen LogP) is 0.893. The van der Waals surface area contributed by atoms with Crippen molar-refractivity contribution in [2.45, 2.75) is 51.6 Å². The first-order valence-corrected chi connectivity index (χ1v) is 8.42. The molecule has 1 heterocycles. The van der Waals surface area contributed by atoms with E-state index in [1.54, 1.807) is 11.9 Å². The summed E-state index contributed by atoms with van der Waals surface area (Å²) in [6, 6.07) is 0.499. The van der Waals surface area contributed by atoms with Crippen molar-refractivity contribution in [2.75, 3.05) is 40.8 Å². The van der Waals surface area contributed by atoms with Gasteiger partial charge in [-0.2, -0.15) is 0 Å². The molecule has 1 fully saturated rings. The monoisotopic (exact) mass is 311 g/mol. The SMILES string of the molecule is CCC(C)NC(=NC)NCCCN1CCCC1C(=O)N(C)C. The van der Waals surface area contributed by atoms with Gasteiger partial charge in [0, 0.05) is 40.3 Å². The minimum absolute atomic E-state index is 0.0764. The van der Waals surface area contributed by atoms with E-state index in [1.807, 2.05) is 14.1 Å². The molecule has 2 atom stereocenters. The zero-order chi connectivity index (χ0) is 16.5. The molecule has 0 saturated carbocycles. The zero-order valence-electron chi connectivity index (χ0n) is 14.9. The fraction of sp³-hybridized carbons (Fsp3) is 0.875. The summed E-state index contributed by atoms with van der Waals surface area (Å²) < 4.78 is 0. The lowest BCUT2D eigenvalue weighted by atomic mass is 10.2. The third-order valence-electron chi connectivity index (χ3n) is 4.22. The zero-order valence-corrected chi connectivity index (χ0v) is 14.9. The maximum Gasteiger partial charge on any atom is 0.239 e. The molecule has 0 aromatic rings. The summed E-state index contributed by atoms with van der Waals surface area (Å²) in [7, 11) is 5.47. The highest BCUT2D eigenvalue weighted by molar-refractivity contribution is 5.81. The van der Waals surface area contributed by atoms with Crippen molar-refractivity contribution in [3.63, 3.8) is 0 Å². The molecule has 2 N–H and O–H groups in total. The summed E-state index contributed by atoms with van der Waals surface area (Å²) >= 11 is 0. The van der Waals surface area contributed by atoms with E-state index in [2.05, 4.69) is 34.4 Å². The minimum atomic E-state index is 0.0764. The van der Waals surface area contributed by atoms with Crippen molar-refractivity contribution in [1.82, 2.24) is 20.4 Å². The molecule has 1 amide bonds. The van der Waals surface area contributed by atoms with Gasteiger partial charge in [0.25, 0.3) is 0 Å². The van der Waals surface area contributed by atoms with Crippen LogP contribution in [-0.2, 0) is 4.79 Å². The molecule has 0 radical (unpaired) electrons. The molecule has 2 unspecified atom stereocenters. The number of nitrogens with one attached hydrogen (secondary N) is 2. The predicted molar refractivity (Wildman–Crippen MR) is 92.2 cm³/mol. The fourth-order valence-electron chi connectivity index (χ4n) is 2.69. The third-order valence-corrected chi connectivity index (χ3v) is 4.22. The number of aliphatic imine (C=N–C) groups is 1. The van der Waals surface area contributed by atoms with Gasteiger partial charge in [0.2, 0.25) is 5.91 Å². The number of hydrogen-bond donors (Lipinski definition) is 2. The lowest BCUT2D eigenvalue weighted by Gasteiger charge is -2.26. The fourth-order valence-corrected chi connectivity index (χ4v) is 2.69. The number of carbonyl (C=O) groups excluding carboxylic acids is 1. The highest BCUT2D eigenvalue weighted by Crippen LogP contribution is 2.18. The van der Waals surface area contributed by atoms with E-state index < -0.39 is 0 Å². The summed E-state index contributed by atoms with van der Waals surface area (Å²) in [5, 5.41) is 6.69. The van der Waals surface area contributed by atoms with Crippen molar-refractivity contribution in [3.8, 4) is 0 Å². The molecular formula is C16H33N5O. The maximum absolute atomic E-state index is 12.1. The molecule has 0 spiro atoms. The Balaban J connectivity index is 2.30. The second-order valence-electron chi connectivity index (χ2n) is 6.23. The van der Waals surface area contributed by atoms with Gasteiger partial charge in [0.15, 0.2) is 5.96 Å². The molecule has 22 heavy (non-hydrogen) atoms. The molecule has 6 nitrogen and oxygen atoms in total. The summed E-state index contributed by atoms with van der Waals surface area (Å²) in [5.74, 6) is 1.09. The summed E-state index contributed by atoms with van der Waals surface area (Å²) in [6.07, 6.45) is 4.19. The van der Waals surface area contributed by atoms with Gasteiger partial charge in [-0.1, -0.05) is 6.92 Å². The van der Waals surface area contributed by atoms with Crippen molar-refractivity contribution >= 4 is 11.9 Å². The third kappa shape index (κ3) is 5.83. The number of likely N-dealkylation sites (tertiary alicyclic amines) is 1. The quantitative estimate of drug-likeness (QED) is 0.416. The Morgan fingerprint density at radius 1 is 1.45 bits per heavy atom. The van der Waals surface area contributed by atoms with Crippen LogP contribution >= 0.6 is 0 Å². The molecule has 0 aromatic carbocycles. The Morgan fingerprint density at radius 3 is 2.77 bits per heavy atom. The van der Waals surface area contributed by atoms with Crippen LogP contribution in [0.15, 0.2) is 4.99 Å². The van der Waals surface area contributed by atoms with Crippen molar-refractivity contribution in [1.29, 1.82) is 0 Å². The average Bonchev–Trinajstić information content (AvgIpc) is 2.97. The number of nitrogens with zero attached hydrogens (tertiary/aromatic N) is 3. The number of hydrogen-bond acceptors (Lipinski definition) is 3. The second kappa shape index (κ2) is 9.66. The highest BCUT2D eigenvalue weighted by atomic mass is 16.2. The van der Waals surface area contributed by atoms with Crippen LogP contribution in [0, 0.1) is 0 Å². The van der Waals surface area contributed by atoms with Gasteiger partial charge in [0.05, 0.1) is 6.04 Å². The van der Waals surface area contributed by atoms with Crippen molar-refractivity contribution < 1.29 is 4.79 Å². The minimum Gasteiger partial charge on any atom is -0.356 e. The Labute approximate surface area is 135 Å². The molecule has 1 aliphatic heterocycles. The van der Waals surface area contributed by atoms with Gasteiger partial charge < -0.3 is 15.5 Å². The van der Waals surface area contributed by atoms with Gasteiger partial charge in [-0.05, 0) is 39.2 Å². The van der Waals surface area contributed by atoms with Crippen LogP contribution in [-0.4, -0.2) is 74.5 Å². The Bertz CT molecular complexity index is 370. The van der Waals surface area contributed by atoms with Crippen LogP contribution in [0.1, 0.15) is 39.5 Å². The smallest absolute Gasteiger partial charge is 0.239 e. The topological polar surface area (TPSA) is 60.0 Å². The molecule has 1 rings (SSSR count). The molecule has 0 bridgehead atoms. The van der Waals surface area contributed by atoms with Gasteiger partial charge in [-0.25, -0.2) is 0 Å². The van der Waals surface area contributed by atoms with E-state index in [0.29, 0.717) is 6.04 Å². The van der Waals surface area contributed by atoms with Crippen LogP contribution in [0.4, 0.5) is 0 Å². The molecule has 1 aliphatic rings. The average molecular weight is 311 g/mol. The van der Waals surface area contributed by atoms with Crippen LogP contribution in [0.2, 0.25) is 0 Å². The molecule has 1 saturated heterocycles. The van der Waals surface area contributed by atoms with Crippen LogP contribution < -0.4 is 10.6 Å². The van der Waals surface area contributed by atoms with Crippen molar-refractivity contribution in [3.05, 3.63) is 0 Å². The standard InChI is InChI=1S/C16H33N5O/c1-6-13(2)19-16(17-3)18-10-8-12-21-11-7-9-14(21)15(22)20(4)5/h13-14H,6-12H2,1-5H3,(H2,17,18,19). The number of carbonyl (C=O) groups is 1. The number of guanidine groups is 1. The second-order valence-corrected chi connectivity index (χ2v) is 6.23. The highest BCUT2D eigenvalue weighted by Gasteiger charge is 2.30. The summed E-state index contributed by atoms with van der Waals surface area (Å²) in [5.41, 5.74) is 0. The Kier molecular flexibility index (Phi) is 8.24. The maximum atomic E-state index is 12.1. The van der Waals surface area contributed by atoms with E-state index in [-0.39, 0.29) is 11.9 Å². The Hall–Kier alpha value is -1.30. The summed E-state index contributed by atoms with van der Waals surface area (Å²) in [4.78, 5) is 20.4. The summed E-state index contributed by atoms with van der Waals surface area (Å²) in [6.45, 7) is 7.16. The molecule has 0 aliphatic carbocycles. The number of rotatable bonds is 7. The first-order chi connectivity index (χ1) is 10.5. The number of likely N-dealkylation sites (N-methyl/N-ethyl adjacent to an activating group) is 1. The van der Waals surface area contributed by atoms with Crippen LogP contribution in [0.25, 0.3) is 0 Å². The van der Waals surface area contributed by atoms with Gasteiger partial charge in [-0.15, -0.1) is 0 Å². The van der Waals surface area contributed by atoms with Crippen LogP contribution in [0.5, 0.6) is 0 Å². The van der Waals surface area contributed by atoms with E-state index in [1.165, 1.54) is 0 Å². The first kappa shape index (κ1) is 18.7. The van der Waals surface area contributed by atoms with Crippen molar-refractivity contribution in [2.24, 2.45) is 4.99 Å². The molecule has 6 heteroatoms. The first-order valence-electron chi connectivity index (χ1n) is 8.42. The van der Waals surface area contributed by atoms with E-state index in [0.717, 1.165) is 51.3 Å². The lowest BCUT2D eigenvalue weighted by Crippen LogP contribution is -2.45. The molecule has 0 aromatic heterocycles. The largest absolute Gasteiger partial charge is 0.356 e. The van der Waals surface area contributed by atoms with Gasteiger partial charge in [0.1, 0.15) is 0 Å². The molecular weight excluding hydrogens is 278 g/mol. The van der Waals surface area contributed by atoms with E-state index >= 15 is 0 Å². The van der Waals surface area contributed by atoms with Crippen LogP contribution in [0.3, 0.4) is 0 Å².